The molecule has 6 fully saturated rings. The molecule has 0 bridgehead atoms. The van der Waals surface area contributed by atoms with Crippen LogP contribution in [0.1, 0.15) is 40.5 Å². The molecule has 6 rings (SSSR count). The smallest absolute Gasteiger partial charge is 0.397 e. The molecule has 4 amide bonds. The molecular formula is C50H82N4O40S. The molecule has 0 aromatic rings. The van der Waals surface area contributed by atoms with Crippen molar-refractivity contribution in [2.24, 2.45) is 0 Å². The van der Waals surface area contributed by atoms with Crippen LogP contribution in [0.4, 0.5) is 0 Å². The lowest BCUT2D eigenvalue weighted by molar-refractivity contribution is -0.384. The highest BCUT2D eigenvalue weighted by atomic mass is 32.3. The number of carbonyl (C=O) groups excluding carboxylic acids is 4. The fourth-order valence-corrected chi connectivity index (χ4v) is 11.9. The largest absolute Gasteiger partial charge is 0.477 e. The Kier molecular flexibility index (Phi) is 27.8. The highest BCUT2D eigenvalue weighted by Gasteiger charge is 2.63. The monoisotopic (exact) mass is 1410 g/mol. The van der Waals surface area contributed by atoms with Gasteiger partial charge in [0.2, 0.25) is 23.6 Å². The number of carboxylic acids is 2. The van der Waals surface area contributed by atoms with Crippen LogP contribution in [-0.2, 0) is 95.5 Å². The van der Waals surface area contributed by atoms with E-state index in [9.17, 15) is 139 Å². The Morgan fingerprint density at radius 2 is 0.863 bits per heavy atom. The first kappa shape index (κ1) is 79.6. The van der Waals surface area contributed by atoms with Gasteiger partial charge in [-0.1, -0.05) is 0 Å². The molecule has 6 heterocycles. The number of aliphatic carboxylic acids is 2. The van der Waals surface area contributed by atoms with Crippen LogP contribution in [0.25, 0.3) is 0 Å². The summed E-state index contributed by atoms with van der Waals surface area (Å²) in [5.74, 6) is -14.6. The van der Waals surface area contributed by atoms with Crippen molar-refractivity contribution in [2.75, 3.05) is 39.6 Å². The van der Waals surface area contributed by atoms with E-state index < -0.39 is 294 Å². The summed E-state index contributed by atoms with van der Waals surface area (Å²) in [6.07, 6.45) is -60.8. The summed E-state index contributed by atoms with van der Waals surface area (Å²) < 4.78 is 101. The van der Waals surface area contributed by atoms with Gasteiger partial charge in [-0.3, -0.25) is 23.7 Å². The van der Waals surface area contributed by atoms with Gasteiger partial charge in [0, 0.05) is 40.5 Å². The molecule has 45 heteroatoms. The summed E-state index contributed by atoms with van der Waals surface area (Å²) in [6.45, 7) is -3.68. The maximum Gasteiger partial charge on any atom is 0.397 e. The molecule has 0 radical (unpaired) electrons. The minimum atomic E-state index is -5.50. The van der Waals surface area contributed by atoms with Gasteiger partial charge in [-0.05, 0) is 0 Å². The molecule has 0 aromatic heterocycles. The van der Waals surface area contributed by atoms with Gasteiger partial charge in [-0.15, -0.1) is 0 Å². The van der Waals surface area contributed by atoms with Crippen LogP contribution in [0.15, 0.2) is 0 Å². The number of aliphatic hydroxyl groups excluding tert-OH is 17. The number of carbonyl (C=O) groups is 6. The van der Waals surface area contributed by atoms with Gasteiger partial charge < -0.3 is 170 Å². The summed E-state index contributed by atoms with van der Waals surface area (Å²) in [4.78, 5) is 75.8. The van der Waals surface area contributed by atoms with Crippen molar-refractivity contribution in [3.05, 3.63) is 0 Å². The molecule has 0 saturated carbocycles. The van der Waals surface area contributed by atoms with E-state index in [-0.39, 0.29) is 0 Å². The molecule has 548 valence electrons. The number of nitrogens with one attached hydrogen (secondary N) is 4. The lowest BCUT2D eigenvalue weighted by Gasteiger charge is -2.51. The fourth-order valence-electron chi connectivity index (χ4n) is 11.6. The van der Waals surface area contributed by atoms with Crippen LogP contribution in [0.5, 0.6) is 0 Å². The molecular weight excluding hydrogens is 1330 g/mol. The molecule has 44 nitrogen and oxygen atoms in total. The molecule has 0 aliphatic carbocycles. The van der Waals surface area contributed by atoms with Crippen LogP contribution in [0.2, 0.25) is 0 Å². The number of amides is 4. The van der Waals surface area contributed by atoms with Crippen LogP contribution in [0.3, 0.4) is 0 Å². The Balaban J connectivity index is 1.28. The van der Waals surface area contributed by atoms with Crippen LogP contribution in [-0.4, -0.2) is 380 Å². The standard InChI is InChI=1S/C50H82N4O40S/c1-13(59)51-25-17(63)5-49(47(76)77,91-39(25)29(67)19(65)7-55)93-41-31(69)21(9-57)86-45(35(41)73)89-37-24(12-84-95(80,81)82)88-44(27(34(37)72)53-15(3)61)83-11-23-33(71)38(28(43(75)85-23)54-16(4)62)90-46-36(74)42(32(70)22(10-58)87-46)94-50(48(78)79)6-18(64)26(52-14(2)60)40(92-50)30(68)20(66)8-56/h17-46,55-58,63-75H,5-12H2,1-4H3,(H,51,59)(H,52,60)(H,53,61)(H,54,62)(H,76,77)(H,78,79)(H,80,81,82)/t17-,18-,19+,20+,21+,22+,23+,24+,25+,26+,27+,28+,29+,30+,31-,32-,33-,34+,35+,36+,37+,38+,39+,40+,41-,42-,43+,44+,45-,46-,49-,50-/m0/s1. The molecule has 0 unspecified atom stereocenters. The Morgan fingerprint density at radius 3 is 1.24 bits per heavy atom. The summed E-state index contributed by atoms with van der Waals surface area (Å²) >= 11 is 0. The maximum absolute atomic E-state index is 13.1. The molecule has 95 heavy (non-hydrogen) atoms. The Labute approximate surface area is 536 Å². The molecule has 6 saturated heterocycles. The highest BCUT2D eigenvalue weighted by molar-refractivity contribution is 7.80. The quantitative estimate of drug-likeness (QED) is 0.0324. The average Bonchev–Trinajstić information content (AvgIpc) is 0.760. The zero-order valence-electron chi connectivity index (χ0n) is 50.5. The lowest BCUT2D eigenvalue weighted by atomic mass is 9.88. The normalized spacial score (nSPS) is 42.3. The van der Waals surface area contributed by atoms with Crippen LogP contribution in [0, 0.1) is 0 Å². The molecule has 0 aromatic carbocycles. The summed E-state index contributed by atoms with van der Waals surface area (Å²) in [7, 11) is -5.50. The summed E-state index contributed by atoms with van der Waals surface area (Å²) in [5, 5.41) is 217. The number of hydrogen-bond acceptors (Lipinski definition) is 37. The van der Waals surface area contributed by atoms with Gasteiger partial charge in [0.15, 0.2) is 25.2 Å². The van der Waals surface area contributed by atoms with E-state index in [0.29, 0.717) is 0 Å². The third-order valence-electron chi connectivity index (χ3n) is 16.2. The van der Waals surface area contributed by atoms with Crippen LogP contribution >= 0.6 is 0 Å². The fraction of sp³-hybridized carbons (Fsp3) is 0.880. The lowest BCUT2D eigenvalue weighted by Crippen LogP contribution is -2.71. The second-order valence-electron chi connectivity index (χ2n) is 23.1. The first-order valence-electron chi connectivity index (χ1n) is 29.0. The maximum atomic E-state index is 13.1. The Hall–Kier alpha value is -4.43. The van der Waals surface area contributed by atoms with Crippen molar-refractivity contribution < 1.29 is 195 Å². The first-order chi connectivity index (χ1) is 44.3. The van der Waals surface area contributed by atoms with Gasteiger partial charge in [-0.2, -0.15) is 8.42 Å². The summed E-state index contributed by atoms with van der Waals surface area (Å²) in [6, 6.07) is -7.40. The summed E-state index contributed by atoms with van der Waals surface area (Å²) in [5.41, 5.74) is 0. The number of rotatable bonds is 28. The van der Waals surface area contributed by atoms with E-state index in [4.69, 9.17) is 52.1 Å². The zero-order valence-corrected chi connectivity index (χ0v) is 51.3. The average molecular weight is 1410 g/mol. The number of ether oxygens (including phenoxy) is 11. The van der Waals surface area contributed by atoms with Crippen molar-refractivity contribution in [1.29, 1.82) is 0 Å². The minimum absolute atomic E-state index is 0.867. The van der Waals surface area contributed by atoms with Crippen molar-refractivity contribution in [3.63, 3.8) is 0 Å². The van der Waals surface area contributed by atoms with Gasteiger partial charge in [0.05, 0.1) is 63.9 Å². The second kappa shape index (κ2) is 33.2. The molecule has 6 aliphatic rings. The van der Waals surface area contributed by atoms with Crippen molar-refractivity contribution in [3.8, 4) is 0 Å². The van der Waals surface area contributed by atoms with E-state index in [0.717, 1.165) is 27.7 Å². The number of hydrogen-bond donors (Lipinski definition) is 24. The van der Waals surface area contributed by atoms with Crippen molar-refractivity contribution in [1.82, 2.24) is 21.3 Å². The zero-order chi connectivity index (χ0) is 71.3. The Bertz CT molecular complexity index is 2710. The second-order valence-corrected chi connectivity index (χ2v) is 24.2. The molecule has 6 aliphatic heterocycles. The van der Waals surface area contributed by atoms with Crippen molar-refractivity contribution >= 4 is 46.0 Å². The highest BCUT2D eigenvalue weighted by Crippen LogP contribution is 2.41. The topological polar surface area (TPSA) is 700 Å². The molecule has 24 N–H and O–H groups in total. The SMILES string of the molecule is CC(=O)N[C@@H]1[C@@H](O[C@@H]2O[C@H](CO)[C@H](O)[C@H](O[C@]3(C(=O)O)C[C@H](O)[C@@H](NC(C)=O)[C@H]([C@H](O)[C@H](O)CO)O3)[C@H]2O)[C@@H](O)[C@@H](CO[C@@H]2O[C@H](COS(=O)(=O)O)[C@@H](O[C@@H]3O[C@H](CO)[C@H](O)[C@H](O[C@]4(C(=O)O)C[C@H](O)[C@@H](NC(C)=O)[C@H]([C@H](O)[C@H](O)CO)O4)[C@H]3O)[C@H](O)[C@H]2NC(C)=O)O[C@H]1O. The van der Waals surface area contributed by atoms with E-state index in [1.807, 2.05) is 0 Å². The number of aliphatic hydroxyl groups is 17. The van der Waals surface area contributed by atoms with E-state index in [1.165, 1.54) is 0 Å². The van der Waals surface area contributed by atoms with Gasteiger partial charge in [0.1, 0.15) is 134 Å². The molecule has 0 spiro atoms. The number of carboxylic acid groups (broad SMARTS) is 2. The van der Waals surface area contributed by atoms with Gasteiger partial charge >= 0.3 is 22.3 Å². The third kappa shape index (κ3) is 18.5. The third-order valence-corrected chi connectivity index (χ3v) is 16.6. The predicted octanol–water partition coefficient (Wildman–Crippen LogP) is -15.3. The van der Waals surface area contributed by atoms with Crippen molar-refractivity contribution in [2.45, 2.75) is 236 Å². The van der Waals surface area contributed by atoms with E-state index in [1.54, 1.807) is 0 Å². The van der Waals surface area contributed by atoms with Gasteiger partial charge in [0.25, 0.3) is 11.6 Å². The molecule has 32 atom stereocenters. The van der Waals surface area contributed by atoms with E-state index in [2.05, 4.69) is 25.5 Å². The van der Waals surface area contributed by atoms with Gasteiger partial charge in [-0.25, -0.2) is 13.8 Å². The Morgan fingerprint density at radius 1 is 0.484 bits per heavy atom. The van der Waals surface area contributed by atoms with Crippen LogP contribution < -0.4 is 21.3 Å². The minimum Gasteiger partial charge on any atom is -0.477 e. The van der Waals surface area contributed by atoms with E-state index >= 15 is 0 Å². The first-order valence-corrected chi connectivity index (χ1v) is 30.4. The predicted molar refractivity (Wildman–Crippen MR) is 290 cm³/mol.